The Labute approximate surface area is 177 Å². The third-order valence-electron chi connectivity index (χ3n) is 4.75. The fourth-order valence-corrected chi connectivity index (χ4v) is 3.05. The van der Waals surface area contributed by atoms with Gasteiger partial charge in [0.25, 0.3) is 0 Å². The van der Waals surface area contributed by atoms with Crippen LogP contribution >= 0.6 is 24.0 Å². The Kier molecular flexibility index (Phi) is 7.29. The summed E-state index contributed by atoms with van der Waals surface area (Å²) in [5.41, 5.74) is 6.87. The smallest absolute Gasteiger partial charge is 0.191 e. The number of aliphatic imine (C=N–C) groups is 1. The van der Waals surface area contributed by atoms with Crippen molar-refractivity contribution in [3.05, 3.63) is 52.0 Å². The lowest BCUT2D eigenvalue weighted by Crippen LogP contribution is -2.37. The number of nitrogens with one attached hydrogen (secondary N) is 3. The number of benzene rings is 1. The minimum Gasteiger partial charge on any atom is -0.361 e. The lowest BCUT2D eigenvalue weighted by molar-refractivity contribution is 0.392. The molecule has 0 unspecified atom stereocenters. The molecule has 3 N–H and O–H groups in total. The lowest BCUT2D eigenvalue weighted by Gasteiger charge is -2.11. The molecule has 3 rings (SSSR count). The van der Waals surface area contributed by atoms with Crippen molar-refractivity contribution in [2.24, 2.45) is 4.99 Å². The maximum atomic E-state index is 5.22. The van der Waals surface area contributed by atoms with Gasteiger partial charge >= 0.3 is 0 Å². The predicted octanol–water partition coefficient (Wildman–Crippen LogP) is 4.26. The zero-order valence-corrected chi connectivity index (χ0v) is 18.9. The van der Waals surface area contributed by atoms with Crippen LogP contribution < -0.4 is 10.6 Å². The highest BCUT2D eigenvalue weighted by Gasteiger charge is 2.09. The Morgan fingerprint density at radius 2 is 1.96 bits per heavy atom. The van der Waals surface area contributed by atoms with Crippen molar-refractivity contribution in [3.8, 4) is 0 Å². The van der Waals surface area contributed by atoms with Crippen LogP contribution in [0.3, 0.4) is 0 Å². The number of hydrogen-bond acceptors (Lipinski definition) is 3. The van der Waals surface area contributed by atoms with Gasteiger partial charge in [-0.3, -0.25) is 0 Å². The number of H-pyrrole nitrogens is 1. The average molecular weight is 481 g/mol. The van der Waals surface area contributed by atoms with Crippen molar-refractivity contribution in [2.75, 3.05) is 6.54 Å². The number of hydrogen-bond donors (Lipinski definition) is 3. The van der Waals surface area contributed by atoms with Gasteiger partial charge in [-0.2, -0.15) is 0 Å². The van der Waals surface area contributed by atoms with Crippen molar-refractivity contribution >= 4 is 40.8 Å². The number of aryl methyl sites for hydroxylation is 4. The van der Waals surface area contributed by atoms with Crippen molar-refractivity contribution < 1.29 is 4.52 Å². The first kappa shape index (κ1) is 21.3. The molecule has 0 aliphatic carbocycles. The first-order valence-corrected chi connectivity index (χ1v) is 9.01. The maximum Gasteiger partial charge on any atom is 0.191 e. The van der Waals surface area contributed by atoms with Gasteiger partial charge in [0.1, 0.15) is 5.76 Å². The van der Waals surface area contributed by atoms with E-state index in [4.69, 9.17) is 9.52 Å². The van der Waals surface area contributed by atoms with E-state index in [2.05, 4.69) is 59.7 Å². The summed E-state index contributed by atoms with van der Waals surface area (Å²) < 4.78 is 5.22. The third kappa shape index (κ3) is 4.82. The maximum absolute atomic E-state index is 5.22. The molecule has 2 aromatic heterocycles. The van der Waals surface area contributed by atoms with Gasteiger partial charge in [0.05, 0.1) is 12.2 Å². The van der Waals surface area contributed by atoms with Gasteiger partial charge in [0.15, 0.2) is 5.96 Å². The van der Waals surface area contributed by atoms with Gasteiger partial charge in [-0.25, -0.2) is 4.99 Å². The fraction of sp³-hybridized carbons (Fsp3) is 0.400. The van der Waals surface area contributed by atoms with Gasteiger partial charge in [0, 0.05) is 35.2 Å². The molecular weight excluding hydrogens is 453 g/mol. The van der Waals surface area contributed by atoms with Crippen molar-refractivity contribution in [1.82, 2.24) is 20.8 Å². The van der Waals surface area contributed by atoms with E-state index in [9.17, 15) is 0 Å². The molecule has 146 valence electrons. The number of rotatable bonds is 5. The second kappa shape index (κ2) is 9.25. The van der Waals surface area contributed by atoms with Crippen LogP contribution in [0.25, 0.3) is 10.9 Å². The normalized spacial score (nSPS) is 11.5. The van der Waals surface area contributed by atoms with Crippen LogP contribution in [0.4, 0.5) is 0 Å². The first-order chi connectivity index (χ1) is 12.5. The van der Waals surface area contributed by atoms with Gasteiger partial charge in [0.2, 0.25) is 0 Å². The second-order valence-corrected chi connectivity index (χ2v) is 6.61. The molecule has 0 aliphatic heterocycles. The Morgan fingerprint density at radius 3 is 2.63 bits per heavy atom. The number of guanidine groups is 1. The molecular formula is C20H28IN5O. The zero-order chi connectivity index (χ0) is 18.7. The van der Waals surface area contributed by atoms with E-state index in [0.29, 0.717) is 13.1 Å². The van der Waals surface area contributed by atoms with Gasteiger partial charge in [-0.1, -0.05) is 11.2 Å². The Hall–Kier alpha value is -2.03. The highest BCUT2D eigenvalue weighted by Crippen LogP contribution is 2.22. The van der Waals surface area contributed by atoms with Crippen LogP contribution in [0.5, 0.6) is 0 Å². The summed E-state index contributed by atoms with van der Waals surface area (Å²) in [6.07, 6.45) is 0. The van der Waals surface area contributed by atoms with E-state index in [-0.39, 0.29) is 24.0 Å². The lowest BCUT2D eigenvalue weighted by atomic mass is 10.1. The van der Waals surface area contributed by atoms with Crippen LogP contribution in [0.15, 0.2) is 27.7 Å². The minimum absolute atomic E-state index is 0. The average Bonchev–Trinajstić information content (AvgIpc) is 3.10. The minimum atomic E-state index is 0. The topological polar surface area (TPSA) is 78.2 Å². The zero-order valence-electron chi connectivity index (χ0n) is 16.6. The molecule has 0 amide bonds. The third-order valence-corrected chi connectivity index (χ3v) is 4.75. The molecule has 2 heterocycles. The molecule has 0 aliphatic rings. The number of fused-ring (bicyclic) bond motifs is 1. The summed E-state index contributed by atoms with van der Waals surface area (Å²) in [5.74, 6) is 1.63. The standard InChI is InChI=1S/C20H27N5O.HI/c1-6-21-20(23-11-18-14(4)25-26-15(18)5)22-10-16-7-8-19-17(9-16)12(2)13(3)24-19;/h7-9,24H,6,10-11H2,1-5H3,(H2,21,22,23);1H. The predicted molar refractivity (Wildman–Crippen MR) is 121 cm³/mol. The number of aromatic nitrogens is 2. The molecule has 0 radical (unpaired) electrons. The van der Waals surface area contributed by atoms with E-state index in [0.717, 1.165) is 29.5 Å². The monoisotopic (exact) mass is 481 g/mol. The molecule has 7 heteroatoms. The molecule has 0 spiro atoms. The van der Waals surface area contributed by atoms with E-state index in [1.54, 1.807) is 0 Å². The van der Waals surface area contributed by atoms with Gasteiger partial charge in [-0.15, -0.1) is 24.0 Å². The molecule has 3 aromatic rings. The highest BCUT2D eigenvalue weighted by molar-refractivity contribution is 14.0. The summed E-state index contributed by atoms with van der Waals surface area (Å²) in [7, 11) is 0. The Balaban J connectivity index is 0.00000261. The summed E-state index contributed by atoms with van der Waals surface area (Å²) >= 11 is 0. The van der Waals surface area contributed by atoms with E-state index >= 15 is 0 Å². The Bertz CT molecular complexity index is 922. The van der Waals surface area contributed by atoms with Gasteiger partial charge < -0.3 is 20.1 Å². The molecule has 0 fully saturated rings. The van der Waals surface area contributed by atoms with Gasteiger partial charge in [-0.05, 0) is 57.9 Å². The Morgan fingerprint density at radius 1 is 1.19 bits per heavy atom. The summed E-state index contributed by atoms with van der Waals surface area (Å²) in [5, 5.41) is 11.9. The summed E-state index contributed by atoms with van der Waals surface area (Å²) in [6, 6.07) is 6.47. The van der Waals surface area contributed by atoms with Crippen LogP contribution in [-0.4, -0.2) is 22.6 Å². The molecule has 27 heavy (non-hydrogen) atoms. The molecule has 6 nitrogen and oxygen atoms in total. The van der Waals surface area contributed by atoms with Crippen LogP contribution in [0.1, 0.15) is 40.8 Å². The highest BCUT2D eigenvalue weighted by atomic mass is 127. The second-order valence-electron chi connectivity index (χ2n) is 6.61. The summed E-state index contributed by atoms with van der Waals surface area (Å²) in [4.78, 5) is 8.13. The number of nitrogens with zero attached hydrogens (tertiary/aromatic N) is 2. The van der Waals surface area contributed by atoms with Crippen molar-refractivity contribution in [1.29, 1.82) is 0 Å². The molecule has 1 aromatic carbocycles. The van der Waals surface area contributed by atoms with Crippen LogP contribution in [0, 0.1) is 27.7 Å². The SMILES string of the molecule is CCNC(=NCc1ccc2[nH]c(C)c(C)c2c1)NCc1c(C)noc1C.I. The number of halogens is 1. The van der Waals surface area contributed by atoms with Crippen LogP contribution in [-0.2, 0) is 13.1 Å². The largest absolute Gasteiger partial charge is 0.361 e. The fourth-order valence-electron chi connectivity index (χ4n) is 3.05. The van der Waals surface area contributed by atoms with Crippen molar-refractivity contribution in [2.45, 2.75) is 47.7 Å². The molecule has 0 bridgehead atoms. The summed E-state index contributed by atoms with van der Waals surface area (Å²) in [6.45, 7) is 12.3. The van der Waals surface area contributed by atoms with Crippen molar-refractivity contribution in [3.63, 3.8) is 0 Å². The van der Waals surface area contributed by atoms with E-state index in [1.807, 2.05) is 13.8 Å². The van der Waals surface area contributed by atoms with E-state index < -0.39 is 0 Å². The van der Waals surface area contributed by atoms with Crippen LogP contribution in [0.2, 0.25) is 0 Å². The number of aromatic amines is 1. The first-order valence-electron chi connectivity index (χ1n) is 9.01. The molecule has 0 atom stereocenters. The molecule has 0 saturated carbocycles. The van der Waals surface area contributed by atoms with E-state index in [1.165, 1.54) is 27.7 Å². The molecule has 0 saturated heterocycles. The quantitative estimate of drug-likeness (QED) is 0.289.